The van der Waals surface area contributed by atoms with Crippen LogP contribution < -0.4 is 10.6 Å². The molecule has 0 aliphatic rings. The fraction of sp³-hybridized carbons (Fsp3) is 0.538. The number of hydrogen-bond donors (Lipinski definition) is 2. The van der Waals surface area contributed by atoms with E-state index in [1.54, 1.807) is 6.20 Å². The number of urea groups is 1. The molecule has 2 N–H and O–H groups in total. The van der Waals surface area contributed by atoms with Crippen molar-refractivity contribution in [2.75, 3.05) is 6.54 Å². The van der Waals surface area contributed by atoms with E-state index in [9.17, 15) is 4.79 Å². The summed E-state index contributed by atoms with van der Waals surface area (Å²) in [5, 5.41) is 5.67. The number of nitrogens with one attached hydrogen (secondary N) is 2. The summed E-state index contributed by atoms with van der Waals surface area (Å²) in [5.74, 6) is 0. The summed E-state index contributed by atoms with van der Waals surface area (Å²) in [6, 6.07) is 6.80. The predicted molar refractivity (Wildman–Crippen MR) is 77.2 cm³/mol. The van der Waals surface area contributed by atoms with E-state index < -0.39 is 8.07 Å². The van der Waals surface area contributed by atoms with Gasteiger partial charge in [-0.25, -0.2) is 4.79 Å². The van der Waals surface area contributed by atoms with E-state index in [1.165, 1.54) is 6.04 Å². The van der Waals surface area contributed by atoms with Crippen LogP contribution in [-0.2, 0) is 6.54 Å². The van der Waals surface area contributed by atoms with E-state index in [0.717, 1.165) is 18.7 Å². The highest BCUT2D eigenvalue weighted by Crippen LogP contribution is 2.09. The minimum absolute atomic E-state index is 0.115. The Labute approximate surface area is 110 Å². The van der Waals surface area contributed by atoms with Crippen LogP contribution in [0.15, 0.2) is 24.4 Å². The van der Waals surface area contributed by atoms with Crippen molar-refractivity contribution in [3.63, 3.8) is 0 Å². The molecule has 0 aliphatic heterocycles. The molecule has 0 atom stereocenters. The van der Waals surface area contributed by atoms with Gasteiger partial charge in [0, 0.05) is 20.8 Å². The van der Waals surface area contributed by atoms with Crippen LogP contribution in [0.1, 0.15) is 12.1 Å². The first-order valence-corrected chi connectivity index (χ1v) is 10.1. The van der Waals surface area contributed by atoms with Gasteiger partial charge < -0.3 is 10.6 Å². The number of carbonyl (C=O) groups excluding carboxylic acids is 1. The Hall–Kier alpha value is -1.36. The summed E-state index contributed by atoms with van der Waals surface area (Å²) in [7, 11) is -0.982. The minimum Gasteiger partial charge on any atom is -0.338 e. The Kier molecular flexibility index (Phi) is 5.84. The highest BCUT2D eigenvalue weighted by Gasteiger charge is 2.11. The van der Waals surface area contributed by atoms with Crippen LogP contribution in [0.2, 0.25) is 25.7 Å². The zero-order valence-electron chi connectivity index (χ0n) is 11.5. The zero-order chi connectivity index (χ0) is 13.4. The standard InChI is InChI=1S/C13H23N3OSi/c1-18(2,3)10-6-9-15-13(17)16-11-12-7-4-5-8-14-12/h4-5,7-8H,6,9-11H2,1-3H3,(H2,15,16,17). The molecule has 18 heavy (non-hydrogen) atoms. The number of amides is 2. The molecular formula is C13H23N3OSi. The van der Waals surface area contributed by atoms with Crippen LogP contribution >= 0.6 is 0 Å². The lowest BCUT2D eigenvalue weighted by Crippen LogP contribution is -2.36. The van der Waals surface area contributed by atoms with Crippen molar-refractivity contribution in [3.05, 3.63) is 30.1 Å². The normalized spacial score (nSPS) is 11.1. The minimum atomic E-state index is -0.982. The van der Waals surface area contributed by atoms with Crippen molar-refractivity contribution in [1.82, 2.24) is 15.6 Å². The maximum absolute atomic E-state index is 11.5. The van der Waals surface area contributed by atoms with E-state index in [1.807, 2.05) is 18.2 Å². The summed E-state index contributed by atoms with van der Waals surface area (Å²) in [5.41, 5.74) is 0.870. The van der Waals surface area contributed by atoms with E-state index in [2.05, 4.69) is 35.3 Å². The molecule has 0 radical (unpaired) electrons. The van der Waals surface area contributed by atoms with Gasteiger partial charge in [-0.05, 0) is 18.6 Å². The molecule has 0 spiro atoms. The van der Waals surface area contributed by atoms with Gasteiger partial charge in [-0.15, -0.1) is 0 Å². The molecule has 0 saturated heterocycles. The van der Waals surface area contributed by atoms with Crippen LogP contribution in [0.4, 0.5) is 4.79 Å². The van der Waals surface area contributed by atoms with Crippen LogP contribution in [0, 0.1) is 0 Å². The smallest absolute Gasteiger partial charge is 0.315 e. The molecule has 1 aromatic heterocycles. The van der Waals surface area contributed by atoms with Crippen molar-refractivity contribution in [2.24, 2.45) is 0 Å². The second-order valence-corrected chi connectivity index (χ2v) is 11.2. The number of carbonyl (C=O) groups is 1. The molecule has 1 rings (SSSR count). The van der Waals surface area contributed by atoms with E-state index in [0.29, 0.717) is 6.54 Å². The third-order valence-corrected chi connectivity index (χ3v) is 4.40. The SMILES string of the molecule is C[Si](C)(C)CCCNC(=O)NCc1ccccn1. The summed E-state index contributed by atoms with van der Waals surface area (Å²) >= 11 is 0. The average molecular weight is 265 g/mol. The van der Waals surface area contributed by atoms with Crippen LogP contribution in [-0.4, -0.2) is 25.6 Å². The first-order chi connectivity index (χ1) is 8.47. The molecule has 0 aromatic carbocycles. The second kappa shape index (κ2) is 7.16. The molecule has 0 bridgehead atoms. The highest BCUT2D eigenvalue weighted by molar-refractivity contribution is 6.76. The van der Waals surface area contributed by atoms with Crippen molar-refractivity contribution >= 4 is 14.1 Å². The van der Waals surface area contributed by atoms with Gasteiger partial charge >= 0.3 is 6.03 Å². The number of hydrogen-bond acceptors (Lipinski definition) is 2. The monoisotopic (exact) mass is 265 g/mol. The quantitative estimate of drug-likeness (QED) is 0.613. The lowest BCUT2D eigenvalue weighted by Gasteiger charge is -2.15. The maximum Gasteiger partial charge on any atom is 0.315 e. The van der Waals surface area contributed by atoms with E-state index in [-0.39, 0.29) is 6.03 Å². The van der Waals surface area contributed by atoms with Crippen LogP contribution in [0.3, 0.4) is 0 Å². The molecular weight excluding hydrogens is 242 g/mol. The molecule has 1 heterocycles. The Morgan fingerprint density at radius 3 is 2.67 bits per heavy atom. The van der Waals surface area contributed by atoms with Gasteiger partial charge in [0.2, 0.25) is 0 Å². The fourth-order valence-corrected chi connectivity index (χ4v) is 2.79. The van der Waals surface area contributed by atoms with Gasteiger partial charge in [0.25, 0.3) is 0 Å². The third-order valence-electron chi connectivity index (χ3n) is 2.55. The second-order valence-electron chi connectivity index (χ2n) is 5.59. The summed E-state index contributed by atoms with van der Waals surface area (Å²) < 4.78 is 0. The van der Waals surface area contributed by atoms with Crippen molar-refractivity contribution in [1.29, 1.82) is 0 Å². The molecule has 0 aliphatic carbocycles. The molecule has 2 amide bonds. The predicted octanol–water partition coefficient (Wildman–Crippen LogP) is 2.61. The first kappa shape index (κ1) is 14.7. The van der Waals surface area contributed by atoms with Crippen molar-refractivity contribution < 1.29 is 4.79 Å². The molecule has 0 saturated carbocycles. The van der Waals surface area contributed by atoms with Crippen LogP contribution in [0.25, 0.3) is 0 Å². The fourth-order valence-electron chi connectivity index (χ4n) is 1.56. The zero-order valence-corrected chi connectivity index (χ0v) is 12.5. The number of nitrogens with zero attached hydrogens (tertiary/aromatic N) is 1. The van der Waals surface area contributed by atoms with Crippen molar-refractivity contribution in [2.45, 2.75) is 38.7 Å². The largest absolute Gasteiger partial charge is 0.338 e. The van der Waals surface area contributed by atoms with Gasteiger partial charge in [-0.3, -0.25) is 4.98 Å². The van der Waals surface area contributed by atoms with Gasteiger partial charge in [0.1, 0.15) is 0 Å². The Bertz CT molecular complexity index is 362. The Balaban J connectivity index is 2.11. The van der Waals surface area contributed by atoms with Crippen molar-refractivity contribution in [3.8, 4) is 0 Å². The molecule has 100 valence electrons. The summed E-state index contributed by atoms with van der Waals surface area (Å²) in [6.07, 6.45) is 2.79. The number of rotatable bonds is 6. The summed E-state index contributed by atoms with van der Waals surface area (Å²) in [4.78, 5) is 15.6. The van der Waals surface area contributed by atoms with Gasteiger partial charge in [-0.1, -0.05) is 31.8 Å². The van der Waals surface area contributed by atoms with E-state index >= 15 is 0 Å². The Morgan fingerprint density at radius 2 is 2.06 bits per heavy atom. The maximum atomic E-state index is 11.5. The molecule has 0 unspecified atom stereocenters. The van der Waals surface area contributed by atoms with Gasteiger partial charge in [0.05, 0.1) is 12.2 Å². The average Bonchev–Trinajstić information content (AvgIpc) is 2.32. The third kappa shape index (κ3) is 7.06. The van der Waals surface area contributed by atoms with E-state index in [4.69, 9.17) is 0 Å². The molecule has 5 heteroatoms. The molecule has 1 aromatic rings. The number of aromatic nitrogens is 1. The number of pyridine rings is 1. The Morgan fingerprint density at radius 1 is 1.28 bits per heavy atom. The highest BCUT2D eigenvalue weighted by atomic mass is 28.3. The van der Waals surface area contributed by atoms with Crippen LogP contribution in [0.5, 0.6) is 0 Å². The first-order valence-electron chi connectivity index (χ1n) is 6.39. The summed E-state index contributed by atoms with van der Waals surface area (Å²) in [6.45, 7) is 8.25. The lowest BCUT2D eigenvalue weighted by atomic mass is 10.3. The topological polar surface area (TPSA) is 54.0 Å². The molecule has 0 fully saturated rings. The lowest BCUT2D eigenvalue weighted by molar-refractivity contribution is 0.240. The van der Waals surface area contributed by atoms with Gasteiger partial charge in [0.15, 0.2) is 0 Å². The van der Waals surface area contributed by atoms with Gasteiger partial charge in [-0.2, -0.15) is 0 Å². The molecule has 4 nitrogen and oxygen atoms in total.